The van der Waals surface area contributed by atoms with Crippen LogP contribution in [0, 0.1) is 0 Å². The van der Waals surface area contributed by atoms with Crippen molar-refractivity contribution in [2.75, 3.05) is 23.8 Å². The molecule has 1 heterocycles. The molecule has 0 aliphatic heterocycles. The van der Waals surface area contributed by atoms with E-state index in [9.17, 15) is 4.79 Å². The maximum atomic E-state index is 12.7. The van der Waals surface area contributed by atoms with E-state index >= 15 is 0 Å². The number of para-hydroxylation sites is 1. The molecule has 0 aliphatic rings. The summed E-state index contributed by atoms with van der Waals surface area (Å²) in [5.74, 6) is 1.10. The summed E-state index contributed by atoms with van der Waals surface area (Å²) >= 11 is 0. The largest absolute Gasteiger partial charge is 0.494 e. The van der Waals surface area contributed by atoms with Gasteiger partial charge in [-0.1, -0.05) is 18.2 Å². The summed E-state index contributed by atoms with van der Waals surface area (Å²) < 4.78 is 11.1. The number of carbonyl (C=O) groups excluding carboxylic acids is 1. The third-order valence-corrected chi connectivity index (χ3v) is 3.61. The molecule has 3 N–H and O–H groups in total. The fraction of sp³-hybridized carbons (Fsp3) is 0.211. The van der Waals surface area contributed by atoms with E-state index in [0.29, 0.717) is 36.2 Å². The summed E-state index contributed by atoms with van der Waals surface area (Å²) in [6.07, 6.45) is 0. The molecular weight excluding hydrogens is 346 g/mol. The Morgan fingerprint density at radius 1 is 1.04 bits per heavy atom. The smallest absolute Gasteiger partial charge is 0.280 e. The van der Waals surface area contributed by atoms with Crippen molar-refractivity contribution in [3.8, 4) is 11.5 Å². The number of hydrogen-bond acceptors (Lipinski definition) is 6. The number of aromatic amines is 1. The van der Waals surface area contributed by atoms with Gasteiger partial charge < -0.3 is 20.1 Å². The highest BCUT2D eigenvalue weighted by atomic mass is 16.5. The van der Waals surface area contributed by atoms with Crippen LogP contribution in [0.2, 0.25) is 0 Å². The van der Waals surface area contributed by atoms with Gasteiger partial charge in [0.2, 0.25) is 0 Å². The van der Waals surface area contributed by atoms with E-state index in [0.717, 1.165) is 5.69 Å². The summed E-state index contributed by atoms with van der Waals surface area (Å²) in [6.45, 7) is 4.77. The number of rotatable bonds is 8. The standard InChI is InChI=1S/C19H21N5O3/c1-3-26-14-10-11-16(27-4-2)15(12-14)21-19(25)17-18(23-24-22-17)20-13-8-6-5-7-9-13/h5-12H,3-4H2,1-2H3,(H,21,25)(H2,20,22,23,24). The first-order chi connectivity index (χ1) is 13.2. The molecule has 140 valence electrons. The Labute approximate surface area is 156 Å². The number of benzene rings is 2. The normalized spacial score (nSPS) is 10.3. The average Bonchev–Trinajstić information content (AvgIpc) is 3.13. The van der Waals surface area contributed by atoms with E-state index in [1.54, 1.807) is 18.2 Å². The van der Waals surface area contributed by atoms with Crippen molar-refractivity contribution in [2.24, 2.45) is 0 Å². The lowest BCUT2D eigenvalue weighted by atomic mass is 10.2. The van der Waals surface area contributed by atoms with Gasteiger partial charge >= 0.3 is 0 Å². The van der Waals surface area contributed by atoms with Gasteiger partial charge in [0.25, 0.3) is 5.91 Å². The van der Waals surface area contributed by atoms with Crippen LogP contribution in [0.25, 0.3) is 0 Å². The predicted molar refractivity (Wildman–Crippen MR) is 103 cm³/mol. The van der Waals surface area contributed by atoms with Gasteiger partial charge in [0.05, 0.1) is 18.9 Å². The van der Waals surface area contributed by atoms with Crippen molar-refractivity contribution in [3.63, 3.8) is 0 Å². The van der Waals surface area contributed by atoms with Gasteiger partial charge in [-0.15, -0.1) is 10.2 Å². The number of anilines is 3. The second-order valence-corrected chi connectivity index (χ2v) is 5.49. The molecule has 2 aromatic carbocycles. The molecule has 27 heavy (non-hydrogen) atoms. The topological polar surface area (TPSA) is 101 Å². The second-order valence-electron chi connectivity index (χ2n) is 5.49. The minimum absolute atomic E-state index is 0.142. The lowest BCUT2D eigenvalue weighted by Crippen LogP contribution is -2.15. The van der Waals surface area contributed by atoms with Crippen molar-refractivity contribution in [2.45, 2.75) is 13.8 Å². The molecule has 0 radical (unpaired) electrons. The Morgan fingerprint density at radius 2 is 1.81 bits per heavy atom. The molecule has 0 saturated carbocycles. The van der Waals surface area contributed by atoms with Gasteiger partial charge in [0, 0.05) is 11.8 Å². The van der Waals surface area contributed by atoms with Crippen LogP contribution < -0.4 is 20.1 Å². The minimum atomic E-state index is -0.420. The van der Waals surface area contributed by atoms with E-state index in [1.807, 2.05) is 44.2 Å². The maximum absolute atomic E-state index is 12.7. The molecule has 0 spiro atoms. The molecule has 0 aliphatic carbocycles. The number of nitrogens with one attached hydrogen (secondary N) is 3. The predicted octanol–water partition coefficient (Wildman–Crippen LogP) is 3.60. The van der Waals surface area contributed by atoms with E-state index in [1.165, 1.54) is 0 Å². The van der Waals surface area contributed by atoms with Crippen molar-refractivity contribution in [3.05, 3.63) is 54.2 Å². The van der Waals surface area contributed by atoms with Gasteiger partial charge in [-0.2, -0.15) is 5.21 Å². The summed E-state index contributed by atoms with van der Waals surface area (Å²) in [4.78, 5) is 12.7. The average molecular weight is 367 g/mol. The molecule has 1 amide bonds. The first-order valence-electron chi connectivity index (χ1n) is 8.65. The number of hydrogen-bond donors (Lipinski definition) is 3. The molecule has 0 atom stereocenters. The highest BCUT2D eigenvalue weighted by molar-refractivity contribution is 6.07. The quantitative estimate of drug-likeness (QED) is 0.562. The first-order valence-corrected chi connectivity index (χ1v) is 8.65. The number of H-pyrrole nitrogens is 1. The maximum Gasteiger partial charge on any atom is 0.280 e. The van der Waals surface area contributed by atoms with Crippen LogP contribution >= 0.6 is 0 Å². The third-order valence-electron chi connectivity index (χ3n) is 3.61. The van der Waals surface area contributed by atoms with Crippen LogP contribution in [0.1, 0.15) is 24.3 Å². The number of nitrogens with zero attached hydrogens (tertiary/aromatic N) is 2. The van der Waals surface area contributed by atoms with Gasteiger partial charge in [0.1, 0.15) is 11.5 Å². The molecule has 0 unspecified atom stereocenters. The fourth-order valence-electron chi connectivity index (χ4n) is 2.46. The molecular formula is C19H21N5O3. The third kappa shape index (κ3) is 4.55. The van der Waals surface area contributed by atoms with Gasteiger partial charge in [0.15, 0.2) is 11.5 Å². The summed E-state index contributed by atoms with van der Waals surface area (Å²) in [5.41, 5.74) is 1.44. The Morgan fingerprint density at radius 3 is 2.56 bits per heavy atom. The van der Waals surface area contributed by atoms with Gasteiger partial charge in [-0.25, -0.2) is 0 Å². The molecule has 1 aromatic heterocycles. The molecule has 3 rings (SSSR count). The number of carbonyl (C=O) groups is 1. The number of amides is 1. The Hall–Kier alpha value is -3.55. The zero-order valence-corrected chi connectivity index (χ0v) is 15.2. The molecule has 0 bridgehead atoms. The van der Waals surface area contributed by atoms with E-state index < -0.39 is 5.91 Å². The highest BCUT2D eigenvalue weighted by Gasteiger charge is 2.19. The van der Waals surface area contributed by atoms with Crippen LogP contribution in [-0.2, 0) is 0 Å². The second kappa shape index (κ2) is 8.70. The van der Waals surface area contributed by atoms with Crippen LogP contribution in [0.15, 0.2) is 48.5 Å². The monoisotopic (exact) mass is 367 g/mol. The molecule has 0 saturated heterocycles. The van der Waals surface area contributed by atoms with Crippen molar-refractivity contribution >= 4 is 23.1 Å². The highest BCUT2D eigenvalue weighted by Crippen LogP contribution is 2.30. The zero-order chi connectivity index (χ0) is 19.1. The molecule has 8 nitrogen and oxygen atoms in total. The fourth-order valence-corrected chi connectivity index (χ4v) is 2.46. The minimum Gasteiger partial charge on any atom is -0.494 e. The van der Waals surface area contributed by atoms with Crippen LogP contribution in [0.5, 0.6) is 11.5 Å². The van der Waals surface area contributed by atoms with Gasteiger partial charge in [-0.05, 0) is 38.1 Å². The zero-order valence-electron chi connectivity index (χ0n) is 15.2. The molecule has 0 fully saturated rings. The SMILES string of the molecule is CCOc1ccc(OCC)c(NC(=O)c2n[nH]nc2Nc2ccccc2)c1. The van der Waals surface area contributed by atoms with Crippen LogP contribution in [0.4, 0.5) is 17.2 Å². The van der Waals surface area contributed by atoms with Gasteiger partial charge in [-0.3, -0.25) is 4.79 Å². The summed E-state index contributed by atoms with van der Waals surface area (Å²) in [6, 6.07) is 14.7. The van der Waals surface area contributed by atoms with E-state index in [-0.39, 0.29) is 5.69 Å². The number of ether oxygens (including phenoxy) is 2. The lowest BCUT2D eigenvalue weighted by molar-refractivity contribution is 0.102. The van der Waals surface area contributed by atoms with E-state index in [2.05, 4.69) is 26.0 Å². The molecule has 3 aromatic rings. The van der Waals surface area contributed by atoms with Crippen molar-refractivity contribution < 1.29 is 14.3 Å². The number of aromatic nitrogens is 3. The molecule has 8 heteroatoms. The van der Waals surface area contributed by atoms with Crippen LogP contribution in [-0.4, -0.2) is 34.5 Å². The van der Waals surface area contributed by atoms with E-state index in [4.69, 9.17) is 9.47 Å². The first kappa shape index (κ1) is 18.2. The Balaban J connectivity index is 1.81. The van der Waals surface area contributed by atoms with Crippen LogP contribution in [0.3, 0.4) is 0 Å². The summed E-state index contributed by atoms with van der Waals surface area (Å²) in [5, 5.41) is 16.3. The Bertz CT molecular complexity index is 895. The lowest BCUT2D eigenvalue weighted by Gasteiger charge is -2.13. The van der Waals surface area contributed by atoms with Crippen molar-refractivity contribution in [1.82, 2.24) is 15.4 Å². The summed E-state index contributed by atoms with van der Waals surface area (Å²) in [7, 11) is 0. The van der Waals surface area contributed by atoms with Crippen molar-refractivity contribution in [1.29, 1.82) is 0 Å². The Kier molecular flexibility index (Phi) is 5.88.